The fourth-order valence-corrected chi connectivity index (χ4v) is 3.15. The molecule has 2 rings (SSSR count). The number of guanidine groups is 1. The van der Waals surface area contributed by atoms with E-state index in [0.717, 1.165) is 30.4 Å². The van der Waals surface area contributed by atoms with Crippen LogP contribution in [0.25, 0.3) is 0 Å². The molecule has 2 N–H and O–H groups in total. The van der Waals surface area contributed by atoms with Crippen molar-refractivity contribution in [2.75, 3.05) is 33.3 Å². The fraction of sp³-hybridized carbons (Fsp3) is 0.550. The second kappa shape index (κ2) is 13.0. The van der Waals surface area contributed by atoms with Crippen LogP contribution in [-0.2, 0) is 6.54 Å². The number of hydrogen-bond acceptors (Lipinski definition) is 3. The van der Waals surface area contributed by atoms with Gasteiger partial charge in [-0.1, -0.05) is 37.3 Å². The minimum absolute atomic E-state index is 0. The Labute approximate surface area is 175 Å². The number of likely N-dealkylation sites (tertiary alicyclic amines) is 1. The fourth-order valence-electron chi connectivity index (χ4n) is 3.15. The Hall–Kier alpha value is -1.28. The molecule has 146 valence electrons. The first kappa shape index (κ1) is 22.8. The molecule has 0 amide bonds. The second-order valence-electron chi connectivity index (χ2n) is 6.44. The minimum atomic E-state index is 0. The van der Waals surface area contributed by atoms with Crippen LogP contribution < -0.4 is 15.4 Å². The zero-order valence-corrected chi connectivity index (χ0v) is 18.4. The molecule has 5 nitrogen and oxygen atoms in total. The molecular weight excluding hydrogens is 439 g/mol. The number of piperidine rings is 1. The quantitative estimate of drug-likeness (QED) is 0.264. The highest BCUT2D eigenvalue weighted by Gasteiger charge is 2.17. The zero-order valence-electron chi connectivity index (χ0n) is 16.0. The van der Waals surface area contributed by atoms with Gasteiger partial charge in [0.2, 0.25) is 0 Å². The molecule has 0 bridgehead atoms. The van der Waals surface area contributed by atoms with Crippen LogP contribution in [0.1, 0.15) is 31.7 Å². The smallest absolute Gasteiger partial charge is 0.191 e. The molecule has 6 heteroatoms. The normalized spacial score (nSPS) is 17.9. The van der Waals surface area contributed by atoms with Gasteiger partial charge in [-0.15, -0.1) is 24.0 Å². The lowest BCUT2D eigenvalue weighted by Crippen LogP contribution is -2.45. The number of nitrogens with one attached hydrogen (secondary N) is 2. The summed E-state index contributed by atoms with van der Waals surface area (Å²) in [6.45, 7) is 10.4. The van der Waals surface area contributed by atoms with E-state index in [0.29, 0.717) is 19.2 Å². The Bertz CT molecular complexity index is 564. The van der Waals surface area contributed by atoms with Crippen LogP contribution in [0.3, 0.4) is 0 Å². The predicted molar refractivity (Wildman–Crippen MR) is 121 cm³/mol. The molecule has 0 aliphatic carbocycles. The molecule has 1 fully saturated rings. The van der Waals surface area contributed by atoms with E-state index in [9.17, 15) is 0 Å². The minimum Gasteiger partial charge on any atom is -0.489 e. The van der Waals surface area contributed by atoms with Gasteiger partial charge >= 0.3 is 0 Å². The first-order valence-corrected chi connectivity index (χ1v) is 9.24. The zero-order chi connectivity index (χ0) is 17.9. The van der Waals surface area contributed by atoms with Crippen molar-refractivity contribution >= 4 is 29.9 Å². The van der Waals surface area contributed by atoms with Crippen LogP contribution in [0.4, 0.5) is 0 Å². The third-order valence-corrected chi connectivity index (χ3v) is 4.63. The Morgan fingerprint density at radius 3 is 2.88 bits per heavy atom. The van der Waals surface area contributed by atoms with E-state index >= 15 is 0 Å². The summed E-state index contributed by atoms with van der Waals surface area (Å²) in [5, 5.41) is 6.78. The topological polar surface area (TPSA) is 48.9 Å². The summed E-state index contributed by atoms with van der Waals surface area (Å²) in [6, 6.07) is 8.74. The maximum absolute atomic E-state index is 5.70. The monoisotopic (exact) mass is 472 g/mol. The van der Waals surface area contributed by atoms with Gasteiger partial charge in [0.1, 0.15) is 12.4 Å². The van der Waals surface area contributed by atoms with Crippen molar-refractivity contribution in [3.63, 3.8) is 0 Å². The number of nitrogens with zero attached hydrogens (tertiary/aromatic N) is 2. The lowest BCUT2D eigenvalue weighted by Gasteiger charge is -2.33. The van der Waals surface area contributed by atoms with Crippen molar-refractivity contribution in [3.8, 4) is 5.75 Å². The molecule has 1 unspecified atom stereocenters. The molecule has 1 aliphatic heterocycles. The summed E-state index contributed by atoms with van der Waals surface area (Å²) in [5.41, 5.74) is 1.11. The van der Waals surface area contributed by atoms with Crippen molar-refractivity contribution in [1.29, 1.82) is 0 Å². The maximum Gasteiger partial charge on any atom is 0.191 e. The van der Waals surface area contributed by atoms with Gasteiger partial charge in [-0.05, 0) is 32.4 Å². The SMILES string of the molecule is C=CCOc1ccccc1CNC(=NC)NCCN1CCCCC1C.I. The molecule has 1 aliphatic rings. The van der Waals surface area contributed by atoms with Crippen LogP contribution in [0.5, 0.6) is 5.75 Å². The molecule has 26 heavy (non-hydrogen) atoms. The van der Waals surface area contributed by atoms with Crippen LogP contribution in [-0.4, -0.2) is 50.2 Å². The molecule has 1 atom stereocenters. The van der Waals surface area contributed by atoms with Crippen molar-refractivity contribution in [2.24, 2.45) is 4.99 Å². The lowest BCUT2D eigenvalue weighted by molar-refractivity contribution is 0.163. The molecule has 1 aromatic carbocycles. The number of rotatable bonds is 8. The van der Waals surface area contributed by atoms with E-state index in [1.54, 1.807) is 13.1 Å². The van der Waals surface area contributed by atoms with Gasteiger partial charge in [0.15, 0.2) is 5.96 Å². The number of ether oxygens (including phenoxy) is 1. The Kier molecular flexibility index (Phi) is 11.4. The number of aliphatic imine (C=N–C) groups is 1. The van der Waals surface area contributed by atoms with Crippen molar-refractivity contribution < 1.29 is 4.74 Å². The second-order valence-corrected chi connectivity index (χ2v) is 6.44. The molecule has 0 saturated carbocycles. The summed E-state index contributed by atoms with van der Waals surface area (Å²) in [4.78, 5) is 6.87. The van der Waals surface area contributed by atoms with Gasteiger partial charge in [-0.2, -0.15) is 0 Å². The number of hydrogen-bond donors (Lipinski definition) is 2. The molecule has 0 radical (unpaired) electrons. The van der Waals surface area contributed by atoms with Crippen LogP contribution in [0.2, 0.25) is 0 Å². The average Bonchev–Trinajstić information content (AvgIpc) is 2.65. The van der Waals surface area contributed by atoms with E-state index in [2.05, 4.69) is 40.1 Å². The molecule has 1 aromatic rings. The highest BCUT2D eigenvalue weighted by atomic mass is 127. The first-order valence-electron chi connectivity index (χ1n) is 9.24. The largest absolute Gasteiger partial charge is 0.489 e. The summed E-state index contributed by atoms with van der Waals surface area (Å²) >= 11 is 0. The lowest BCUT2D eigenvalue weighted by atomic mass is 10.0. The molecule has 1 heterocycles. The number of halogens is 1. The standard InChI is InChI=1S/C20H32N4O.HI/c1-4-15-25-19-11-6-5-10-18(19)16-23-20(21-3)22-12-14-24-13-8-7-9-17(24)2;/h4-6,10-11,17H,1,7-9,12-16H2,2-3H3,(H2,21,22,23);1H. The van der Waals surface area contributed by atoms with E-state index in [4.69, 9.17) is 4.74 Å². The number of benzene rings is 1. The van der Waals surface area contributed by atoms with Crippen LogP contribution in [0, 0.1) is 0 Å². The van der Waals surface area contributed by atoms with Crippen molar-refractivity contribution in [1.82, 2.24) is 15.5 Å². The Morgan fingerprint density at radius 2 is 2.15 bits per heavy atom. The highest BCUT2D eigenvalue weighted by Crippen LogP contribution is 2.17. The maximum atomic E-state index is 5.70. The summed E-state index contributed by atoms with van der Waals surface area (Å²) in [6.07, 6.45) is 5.75. The van der Waals surface area contributed by atoms with Gasteiger partial charge < -0.3 is 15.4 Å². The predicted octanol–water partition coefficient (Wildman–Crippen LogP) is 3.41. The van der Waals surface area contributed by atoms with Gasteiger partial charge in [-0.25, -0.2) is 0 Å². The Balaban J connectivity index is 0.00000338. The van der Waals surface area contributed by atoms with Gasteiger partial charge in [0.05, 0.1) is 0 Å². The van der Waals surface area contributed by atoms with Gasteiger partial charge in [0.25, 0.3) is 0 Å². The highest BCUT2D eigenvalue weighted by molar-refractivity contribution is 14.0. The van der Waals surface area contributed by atoms with Crippen molar-refractivity contribution in [3.05, 3.63) is 42.5 Å². The third-order valence-electron chi connectivity index (χ3n) is 4.63. The van der Waals surface area contributed by atoms with Gasteiger partial charge in [0, 0.05) is 38.3 Å². The molecule has 1 saturated heterocycles. The van der Waals surface area contributed by atoms with E-state index in [1.165, 1.54) is 25.8 Å². The molecule has 0 spiro atoms. The Morgan fingerprint density at radius 1 is 1.35 bits per heavy atom. The summed E-state index contributed by atoms with van der Waals surface area (Å²) in [7, 11) is 1.80. The van der Waals surface area contributed by atoms with E-state index in [-0.39, 0.29) is 24.0 Å². The van der Waals surface area contributed by atoms with E-state index in [1.807, 2.05) is 18.2 Å². The third kappa shape index (κ3) is 7.53. The molecule has 0 aromatic heterocycles. The van der Waals surface area contributed by atoms with E-state index < -0.39 is 0 Å². The van der Waals surface area contributed by atoms with Crippen LogP contribution in [0.15, 0.2) is 41.9 Å². The van der Waals surface area contributed by atoms with Gasteiger partial charge in [-0.3, -0.25) is 9.89 Å². The summed E-state index contributed by atoms with van der Waals surface area (Å²) < 4.78 is 5.70. The number of para-hydroxylation sites is 1. The first-order chi connectivity index (χ1) is 12.2. The van der Waals surface area contributed by atoms with Crippen molar-refractivity contribution in [2.45, 2.75) is 38.8 Å². The molecular formula is C20H33IN4O. The summed E-state index contributed by atoms with van der Waals surface area (Å²) in [5.74, 6) is 1.70. The van der Waals surface area contributed by atoms with Crippen LogP contribution >= 0.6 is 24.0 Å². The average molecular weight is 472 g/mol.